The third-order valence-corrected chi connectivity index (χ3v) is 2.76. The number of benzene rings is 1. The van der Waals surface area contributed by atoms with E-state index in [0.717, 1.165) is 15.7 Å². The molecule has 2 aromatic rings. The lowest BCUT2D eigenvalue weighted by atomic mass is 10.1. The number of aromatic amines is 1. The Balaban J connectivity index is 2.49. The van der Waals surface area contributed by atoms with Gasteiger partial charge in [0, 0.05) is 10.0 Å². The zero-order chi connectivity index (χ0) is 9.26. The van der Waals surface area contributed by atoms with Gasteiger partial charge in [-0.3, -0.25) is 0 Å². The molecule has 1 aromatic carbocycles. The number of aryl methyl sites for hydroxylation is 1. The Kier molecular flexibility index (Phi) is 2.14. The summed E-state index contributed by atoms with van der Waals surface area (Å²) in [6.45, 7) is 2.05. The first-order valence-corrected chi connectivity index (χ1v) is 4.69. The topological polar surface area (TPSA) is 41.6 Å². The van der Waals surface area contributed by atoms with Crippen LogP contribution in [0.4, 0.5) is 0 Å². The SMILES string of the molecule is Cc1cc(-c2cn[nH]n2)ccc1Br. The average Bonchev–Trinajstić information content (AvgIpc) is 2.62. The molecule has 0 radical (unpaired) electrons. The van der Waals surface area contributed by atoms with Gasteiger partial charge in [-0.05, 0) is 24.6 Å². The molecule has 0 saturated carbocycles. The Labute approximate surface area is 84.3 Å². The minimum atomic E-state index is 0.871. The fraction of sp³-hybridized carbons (Fsp3) is 0.111. The van der Waals surface area contributed by atoms with Gasteiger partial charge in [0.15, 0.2) is 0 Å². The molecule has 1 heterocycles. The molecule has 0 fully saturated rings. The molecule has 2 rings (SSSR count). The maximum atomic E-state index is 4.01. The number of H-pyrrole nitrogens is 1. The summed E-state index contributed by atoms with van der Waals surface area (Å²) in [4.78, 5) is 0. The van der Waals surface area contributed by atoms with Gasteiger partial charge >= 0.3 is 0 Å². The highest BCUT2D eigenvalue weighted by molar-refractivity contribution is 9.10. The third kappa shape index (κ3) is 1.62. The smallest absolute Gasteiger partial charge is 0.112 e. The lowest BCUT2D eigenvalue weighted by Crippen LogP contribution is -1.81. The van der Waals surface area contributed by atoms with Gasteiger partial charge in [0.1, 0.15) is 5.69 Å². The van der Waals surface area contributed by atoms with Crippen LogP contribution in [0.15, 0.2) is 28.9 Å². The molecule has 0 spiro atoms. The standard InChI is InChI=1S/C9H8BrN3/c1-6-4-7(2-3-8(6)10)9-5-11-13-12-9/h2-5H,1H3,(H,11,12,13). The largest absolute Gasteiger partial charge is 0.197 e. The van der Waals surface area contributed by atoms with Crippen molar-refractivity contribution in [1.82, 2.24) is 15.4 Å². The van der Waals surface area contributed by atoms with E-state index >= 15 is 0 Å². The molecule has 0 saturated heterocycles. The molecule has 1 N–H and O–H groups in total. The first kappa shape index (κ1) is 8.44. The van der Waals surface area contributed by atoms with E-state index in [0.29, 0.717) is 0 Å². The number of halogens is 1. The van der Waals surface area contributed by atoms with Gasteiger partial charge in [-0.25, -0.2) is 0 Å². The lowest BCUT2D eigenvalue weighted by Gasteiger charge is -1.99. The molecular weight excluding hydrogens is 230 g/mol. The van der Waals surface area contributed by atoms with Crippen molar-refractivity contribution in [2.24, 2.45) is 0 Å². The number of hydrogen-bond donors (Lipinski definition) is 1. The highest BCUT2D eigenvalue weighted by Crippen LogP contribution is 2.22. The van der Waals surface area contributed by atoms with Crippen molar-refractivity contribution in [2.75, 3.05) is 0 Å². The highest BCUT2D eigenvalue weighted by Gasteiger charge is 2.01. The van der Waals surface area contributed by atoms with Gasteiger partial charge in [0.25, 0.3) is 0 Å². The monoisotopic (exact) mass is 237 g/mol. The summed E-state index contributed by atoms with van der Waals surface area (Å²) < 4.78 is 1.11. The Morgan fingerprint density at radius 3 is 2.85 bits per heavy atom. The van der Waals surface area contributed by atoms with E-state index < -0.39 is 0 Å². The van der Waals surface area contributed by atoms with Crippen molar-refractivity contribution >= 4 is 15.9 Å². The van der Waals surface area contributed by atoms with Gasteiger partial charge in [0.05, 0.1) is 6.20 Å². The molecule has 3 nitrogen and oxygen atoms in total. The van der Waals surface area contributed by atoms with Crippen molar-refractivity contribution in [3.8, 4) is 11.3 Å². The van der Waals surface area contributed by atoms with Gasteiger partial charge in [0.2, 0.25) is 0 Å². The van der Waals surface area contributed by atoms with E-state index in [1.807, 2.05) is 19.1 Å². The van der Waals surface area contributed by atoms with Crippen molar-refractivity contribution in [2.45, 2.75) is 6.92 Å². The van der Waals surface area contributed by atoms with Crippen LogP contribution >= 0.6 is 15.9 Å². The number of nitrogens with zero attached hydrogens (tertiary/aromatic N) is 2. The normalized spacial score (nSPS) is 10.3. The first-order chi connectivity index (χ1) is 6.27. The summed E-state index contributed by atoms with van der Waals surface area (Å²) in [6.07, 6.45) is 1.71. The Morgan fingerprint density at radius 1 is 1.38 bits per heavy atom. The predicted molar refractivity (Wildman–Crippen MR) is 54.3 cm³/mol. The Morgan fingerprint density at radius 2 is 2.23 bits per heavy atom. The van der Waals surface area contributed by atoms with Crippen molar-refractivity contribution in [3.63, 3.8) is 0 Å². The summed E-state index contributed by atoms with van der Waals surface area (Å²) >= 11 is 3.45. The molecule has 0 aliphatic rings. The zero-order valence-corrected chi connectivity index (χ0v) is 8.67. The summed E-state index contributed by atoms with van der Waals surface area (Å²) in [5.74, 6) is 0. The van der Waals surface area contributed by atoms with Gasteiger partial charge in [-0.15, -0.1) is 0 Å². The predicted octanol–water partition coefficient (Wildman–Crippen LogP) is 2.54. The highest BCUT2D eigenvalue weighted by atomic mass is 79.9. The first-order valence-electron chi connectivity index (χ1n) is 3.89. The van der Waals surface area contributed by atoms with E-state index in [1.165, 1.54) is 5.56 Å². The summed E-state index contributed by atoms with van der Waals surface area (Å²) in [5, 5.41) is 10.4. The van der Waals surface area contributed by atoms with Crippen LogP contribution in [0.3, 0.4) is 0 Å². The van der Waals surface area contributed by atoms with Crippen molar-refractivity contribution in [1.29, 1.82) is 0 Å². The maximum Gasteiger partial charge on any atom is 0.112 e. The molecule has 0 aliphatic carbocycles. The molecule has 66 valence electrons. The van der Waals surface area contributed by atoms with Crippen LogP contribution in [0, 0.1) is 6.92 Å². The number of hydrogen-bond acceptors (Lipinski definition) is 2. The van der Waals surface area contributed by atoms with E-state index in [9.17, 15) is 0 Å². The molecule has 0 amide bonds. The second kappa shape index (κ2) is 3.30. The molecule has 0 unspecified atom stereocenters. The third-order valence-electron chi connectivity index (χ3n) is 1.87. The quantitative estimate of drug-likeness (QED) is 0.829. The fourth-order valence-corrected chi connectivity index (χ4v) is 1.39. The summed E-state index contributed by atoms with van der Waals surface area (Å²) in [5.41, 5.74) is 3.14. The van der Waals surface area contributed by atoms with Gasteiger partial charge < -0.3 is 0 Å². The van der Waals surface area contributed by atoms with Crippen LogP contribution in [0.2, 0.25) is 0 Å². The van der Waals surface area contributed by atoms with Crippen LogP contribution < -0.4 is 0 Å². The molecule has 1 aromatic heterocycles. The Bertz CT molecular complexity index is 409. The average molecular weight is 238 g/mol. The van der Waals surface area contributed by atoms with Crippen LogP contribution in [-0.2, 0) is 0 Å². The molecule has 0 atom stereocenters. The van der Waals surface area contributed by atoms with E-state index in [1.54, 1.807) is 6.20 Å². The number of rotatable bonds is 1. The Hall–Kier alpha value is -1.16. The van der Waals surface area contributed by atoms with Crippen LogP contribution in [0.1, 0.15) is 5.56 Å². The zero-order valence-electron chi connectivity index (χ0n) is 7.08. The molecule has 4 heteroatoms. The van der Waals surface area contributed by atoms with Gasteiger partial charge in [-0.2, -0.15) is 15.4 Å². The summed E-state index contributed by atoms with van der Waals surface area (Å²) in [6, 6.07) is 6.09. The lowest BCUT2D eigenvalue weighted by molar-refractivity contribution is 0.942. The summed E-state index contributed by atoms with van der Waals surface area (Å²) in [7, 11) is 0. The van der Waals surface area contributed by atoms with E-state index in [-0.39, 0.29) is 0 Å². The van der Waals surface area contributed by atoms with Crippen molar-refractivity contribution < 1.29 is 0 Å². The van der Waals surface area contributed by atoms with Crippen LogP contribution in [0.25, 0.3) is 11.3 Å². The number of aromatic nitrogens is 3. The van der Waals surface area contributed by atoms with Gasteiger partial charge in [-0.1, -0.05) is 22.0 Å². The van der Waals surface area contributed by atoms with E-state index in [4.69, 9.17) is 0 Å². The number of nitrogens with one attached hydrogen (secondary N) is 1. The second-order valence-corrected chi connectivity index (χ2v) is 3.67. The maximum absolute atomic E-state index is 4.01. The van der Waals surface area contributed by atoms with Crippen LogP contribution in [-0.4, -0.2) is 15.4 Å². The molecule has 0 bridgehead atoms. The fourth-order valence-electron chi connectivity index (χ4n) is 1.14. The minimum absolute atomic E-state index is 0.871. The van der Waals surface area contributed by atoms with Crippen LogP contribution in [0.5, 0.6) is 0 Å². The minimum Gasteiger partial charge on any atom is -0.197 e. The second-order valence-electron chi connectivity index (χ2n) is 2.82. The molecule has 0 aliphatic heterocycles. The van der Waals surface area contributed by atoms with E-state index in [2.05, 4.69) is 37.4 Å². The molecular formula is C9H8BrN3. The molecule has 13 heavy (non-hydrogen) atoms. The van der Waals surface area contributed by atoms with Crippen molar-refractivity contribution in [3.05, 3.63) is 34.4 Å².